The second-order valence-corrected chi connectivity index (χ2v) is 6.34. The Morgan fingerprint density at radius 3 is 2.46 bits per heavy atom. The summed E-state index contributed by atoms with van der Waals surface area (Å²) >= 11 is 0. The third-order valence-corrected chi connectivity index (χ3v) is 4.17. The van der Waals surface area contributed by atoms with E-state index in [9.17, 15) is 9.59 Å². The van der Waals surface area contributed by atoms with Crippen LogP contribution in [-0.4, -0.2) is 25.6 Å². The van der Waals surface area contributed by atoms with Crippen LogP contribution >= 0.6 is 0 Å². The summed E-state index contributed by atoms with van der Waals surface area (Å²) in [4.78, 5) is 24.1. The molecule has 0 unspecified atom stereocenters. The molecule has 148 valence electrons. The molecule has 0 bridgehead atoms. The van der Waals surface area contributed by atoms with Crippen molar-refractivity contribution in [1.82, 2.24) is 0 Å². The summed E-state index contributed by atoms with van der Waals surface area (Å²) in [5.74, 6) is 0.0895. The molecule has 0 heterocycles. The molecule has 5 nitrogen and oxygen atoms in total. The first-order valence-electron chi connectivity index (χ1n) is 9.53. The topological polar surface area (TPSA) is 64.6 Å². The van der Waals surface area contributed by atoms with Crippen LogP contribution in [-0.2, 0) is 9.53 Å². The number of carbonyl (C=O) groups is 2. The van der Waals surface area contributed by atoms with Gasteiger partial charge in [0.05, 0.1) is 19.3 Å². The monoisotopic (exact) mass is 381 g/mol. The van der Waals surface area contributed by atoms with Crippen LogP contribution in [0.15, 0.2) is 54.6 Å². The number of para-hydroxylation sites is 1. The molecule has 1 amide bonds. The number of hydrogen-bond acceptors (Lipinski definition) is 4. The number of nitrogens with one attached hydrogen (secondary N) is 1. The molecule has 2 aromatic carbocycles. The molecule has 2 rings (SSSR count). The molecule has 0 saturated carbocycles. The zero-order chi connectivity index (χ0) is 20.2. The van der Waals surface area contributed by atoms with Crippen LogP contribution in [0.2, 0.25) is 0 Å². The van der Waals surface area contributed by atoms with Gasteiger partial charge in [0, 0.05) is 17.3 Å². The quantitative estimate of drug-likeness (QED) is 0.354. The summed E-state index contributed by atoms with van der Waals surface area (Å²) < 4.78 is 10.5. The second kappa shape index (κ2) is 11.6. The highest BCUT2D eigenvalue weighted by Crippen LogP contribution is 2.18. The number of anilines is 1. The molecule has 28 heavy (non-hydrogen) atoms. The third-order valence-electron chi connectivity index (χ3n) is 4.17. The molecule has 0 aliphatic rings. The SMILES string of the molecule is CCCCCCOC(=O)c1ccc(NC(=O)C=Cc2ccccc2OC)cc1. The summed E-state index contributed by atoms with van der Waals surface area (Å²) in [6, 6.07) is 14.1. The lowest BCUT2D eigenvalue weighted by Crippen LogP contribution is -2.09. The van der Waals surface area contributed by atoms with E-state index >= 15 is 0 Å². The van der Waals surface area contributed by atoms with Crippen LogP contribution in [0, 0.1) is 0 Å². The van der Waals surface area contributed by atoms with Gasteiger partial charge in [0.15, 0.2) is 0 Å². The van der Waals surface area contributed by atoms with Gasteiger partial charge in [-0.1, -0.05) is 44.4 Å². The molecular weight excluding hydrogens is 354 g/mol. The van der Waals surface area contributed by atoms with E-state index in [0.29, 0.717) is 23.6 Å². The summed E-state index contributed by atoms with van der Waals surface area (Å²) in [5.41, 5.74) is 1.89. The Bertz CT molecular complexity index is 797. The largest absolute Gasteiger partial charge is 0.496 e. The predicted molar refractivity (Wildman–Crippen MR) is 112 cm³/mol. The first-order chi connectivity index (χ1) is 13.6. The number of hydrogen-bond donors (Lipinski definition) is 1. The minimum absolute atomic E-state index is 0.267. The van der Waals surface area contributed by atoms with Gasteiger partial charge in [0.25, 0.3) is 0 Å². The van der Waals surface area contributed by atoms with Crippen molar-refractivity contribution in [3.05, 3.63) is 65.7 Å². The van der Waals surface area contributed by atoms with Crippen LogP contribution in [0.1, 0.15) is 48.5 Å². The van der Waals surface area contributed by atoms with Crippen molar-refractivity contribution in [2.45, 2.75) is 32.6 Å². The lowest BCUT2D eigenvalue weighted by atomic mass is 10.2. The Morgan fingerprint density at radius 1 is 1.00 bits per heavy atom. The van der Waals surface area contributed by atoms with Gasteiger partial charge in [0.1, 0.15) is 5.75 Å². The maximum absolute atomic E-state index is 12.1. The van der Waals surface area contributed by atoms with Gasteiger partial charge in [-0.3, -0.25) is 4.79 Å². The average Bonchev–Trinajstić information content (AvgIpc) is 2.72. The van der Waals surface area contributed by atoms with E-state index < -0.39 is 0 Å². The van der Waals surface area contributed by atoms with Crippen LogP contribution in [0.25, 0.3) is 6.08 Å². The summed E-state index contributed by atoms with van der Waals surface area (Å²) in [6.07, 6.45) is 7.38. The molecule has 5 heteroatoms. The fourth-order valence-corrected chi connectivity index (χ4v) is 2.62. The number of ether oxygens (including phenoxy) is 2. The molecule has 0 aliphatic heterocycles. The maximum atomic E-state index is 12.1. The zero-order valence-corrected chi connectivity index (χ0v) is 16.4. The zero-order valence-electron chi connectivity index (χ0n) is 16.4. The van der Waals surface area contributed by atoms with E-state index in [1.807, 2.05) is 24.3 Å². The molecule has 0 aromatic heterocycles. The van der Waals surface area contributed by atoms with E-state index in [4.69, 9.17) is 9.47 Å². The molecule has 0 saturated heterocycles. The van der Waals surface area contributed by atoms with Crippen LogP contribution in [0.5, 0.6) is 5.75 Å². The normalized spacial score (nSPS) is 10.6. The van der Waals surface area contributed by atoms with Gasteiger partial charge in [-0.15, -0.1) is 0 Å². The fourth-order valence-electron chi connectivity index (χ4n) is 2.62. The third kappa shape index (κ3) is 6.91. The minimum Gasteiger partial charge on any atom is -0.496 e. The smallest absolute Gasteiger partial charge is 0.338 e. The number of carbonyl (C=O) groups excluding carboxylic acids is 2. The Balaban J connectivity index is 1.85. The Hall–Kier alpha value is -3.08. The minimum atomic E-state index is -0.342. The second-order valence-electron chi connectivity index (χ2n) is 6.34. The van der Waals surface area contributed by atoms with Crippen molar-refractivity contribution in [2.75, 3.05) is 19.0 Å². The first-order valence-corrected chi connectivity index (χ1v) is 9.53. The fraction of sp³-hybridized carbons (Fsp3) is 0.304. The van der Waals surface area contributed by atoms with E-state index in [-0.39, 0.29) is 11.9 Å². The van der Waals surface area contributed by atoms with Gasteiger partial charge >= 0.3 is 5.97 Å². The van der Waals surface area contributed by atoms with Crippen LogP contribution in [0.4, 0.5) is 5.69 Å². The van der Waals surface area contributed by atoms with Gasteiger partial charge < -0.3 is 14.8 Å². The molecule has 2 aromatic rings. The first kappa shape index (κ1) is 21.2. The number of unbranched alkanes of at least 4 members (excludes halogenated alkanes) is 3. The van der Waals surface area contributed by atoms with E-state index in [0.717, 1.165) is 31.2 Å². The van der Waals surface area contributed by atoms with Crippen molar-refractivity contribution in [3.63, 3.8) is 0 Å². The van der Waals surface area contributed by atoms with Gasteiger partial charge in [-0.2, -0.15) is 0 Å². The average molecular weight is 381 g/mol. The Morgan fingerprint density at radius 2 is 1.75 bits per heavy atom. The molecule has 1 N–H and O–H groups in total. The van der Waals surface area contributed by atoms with Crippen molar-refractivity contribution < 1.29 is 19.1 Å². The van der Waals surface area contributed by atoms with Crippen LogP contribution < -0.4 is 10.1 Å². The number of rotatable bonds is 10. The summed E-state index contributed by atoms with van der Waals surface area (Å²) in [5, 5.41) is 2.76. The molecule has 0 atom stereocenters. The van der Waals surface area contributed by atoms with Gasteiger partial charge in [-0.25, -0.2) is 4.79 Å². The van der Waals surface area contributed by atoms with Crippen molar-refractivity contribution >= 4 is 23.6 Å². The maximum Gasteiger partial charge on any atom is 0.338 e. The molecule has 0 spiro atoms. The van der Waals surface area contributed by atoms with E-state index in [1.54, 1.807) is 37.5 Å². The summed E-state index contributed by atoms with van der Waals surface area (Å²) in [7, 11) is 1.59. The van der Waals surface area contributed by atoms with E-state index in [2.05, 4.69) is 12.2 Å². The molecular formula is C23H27NO4. The number of esters is 1. The standard InChI is InChI=1S/C23H27NO4/c1-3-4-5-8-17-28-23(26)19-11-14-20(15-12-19)24-22(25)16-13-18-9-6-7-10-21(18)27-2/h6-7,9-16H,3-5,8,17H2,1-2H3,(H,24,25). The van der Waals surface area contributed by atoms with Crippen LogP contribution in [0.3, 0.4) is 0 Å². The number of amides is 1. The molecule has 0 aliphatic carbocycles. The predicted octanol–water partition coefficient (Wildman–Crippen LogP) is 5.08. The lowest BCUT2D eigenvalue weighted by molar-refractivity contribution is -0.111. The molecule has 0 radical (unpaired) electrons. The highest BCUT2D eigenvalue weighted by atomic mass is 16.5. The van der Waals surface area contributed by atoms with E-state index in [1.165, 1.54) is 6.08 Å². The lowest BCUT2D eigenvalue weighted by Gasteiger charge is -2.06. The van der Waals surface area contributed by atoms with Gasteiger partial charge in [0.2, 0.25) is 5.91 Å². The Kier molecular flexibility index (Phi) is 8.79. The van der Waals surface area contributed by atoms with Crippen molar-refractivity contribution in [3.8, 4) is 5.75 Å². The molecule has 0 fully saturated rings. The highest BCUT2D eigenvalue weighted by molar-refractivity contribution is 6.02. The number of benzene rings is 2. The highest BCUT2D eigenvalue weighted by Gasteiger charge is 2.07. The van der Waals surface area contributed by atoms with Crippen molar-refractivity contribution in [2.24, 2.45) is 0 Å². The van der Waals surface area contributed by atoms with Gasteiger partial charge in [-0.05, 0) is 42.8 Å². The number of methoxy groups -OCH3 is 1. The Labute approximate surface area is 166 Å². The van der Waals surface area contributed by atoms with Crippen molar-refractivity contribution in [1.29, 1.82) is 0 Å². The summed E-state index contributed by atoms with van der Waals surface area (Å²) in [6.45, 7) is 2.58.